The molecule has 1 aliphatic heterocycles. The highest BCUT2D eigenvalue weighted by atomic mass is 32.2. The predicted molar refractivity (Wildman–Crippen MR) is 107 cm³/mol. The smallest absolute Gasteiger partial charge is 0.315 e. The lowest BCUT2D eigenvalue weighted by atomic mass is 9.99. The fraction of sp³-hybridized carbons (Fsp3) is 0.632. The van der Waals surface area contributed by atoms with Gasteiger partial charge in [-0.2, -0.15) is 0 Å². The molecule has 8 heteroatoms. The van der Waals surface area contributed by atoms with E-state index >= 15 is 0 Å². The second-order valence-electron chi connectivity index (χ2n) is 7.19. The number of nitrogens with one attached hydrogen (secondary N) is 3. The van der Waals surface area contributed by atoms with Crippen LogP contribution in [-0.4, -0.2) is 52.6 Å². The van der Waals surface area contributed by atoms with Crippen molar-refractivity contribution in [3.8, 4) is 0 Å². The summed E-state index contributed by atoms with van der Waals surface area (Å²) in [6, 6.07) is 6.26. The Hall–Kier alpha value is -1.64. The first-order valence-electron chi connectivity index (χ1n) is 9.67. The van der Waals surface area contributed by atoms with Gasteiger partial charge in [-0.3, -0.25) is 0 Å². The Labute approximate surface area is 163 Å². The average molecular weight is 397 g/mol. The number of carbonyl (C=O) groups excluding carboxylic acids is 1. The number of rotatable bonds is 9. The van der Waals surface area contributed by atoms with Gasteiger partial charge in [0.15, 0.2) is 0 Å². The number of nitrogens with zero attached hydrogens (tertiary/aromatic N) is 1. The molecule has 0 saturated carbocycles. The highest BCUT2D eigenvalue weighted by Gasteiger charge is 2.14. The standard InChI is InChI=1S/C19H32N4O3S/c1-16-9-13-23(14-10-16)12-4-3-11-21-19(24)22-15-17-5-7-18(8-6-17)27(25,26)20-2/h5-8,16,20H,3-4,9-15H2,1-2H3,(H2,21,22,24). The topological polar surface area (TPSA) is 90.5 Å². The molecule has 0 unspecified atom stereocenters. The second-order valence-corrected chi connectivity index (χ2v) is 9.08. The first-order valence-corrected chi connectivity index (χ1v) is 11.2. The lowest BCUT2D eigenvalue weighted by Gasteiger charge is -2.30. The van der Waals surface area contributed by atoms with Crippen LogP contribution in [0, 0.1) is 5.92 Å². The number of urea groups is 1. The molecular formula is C19H32N4O3S. The fourth-order valence-corrected chi connectivity index (χ4v) is 3.83. The summed E-state index contributed by atoms with van der Waals surface area (Å²) >= 11 is 0. The van der Waals surface area contributed by atoms with Gasteiger partial charge < -0.3 is 15.5 Å². The van der Waals surface area contributed by atoms with Crippen molar-refractivity contribution in [1.29, 1.82) is 0 Å². The number of sulfonamides is 1. The summed E-state index contributed by atoms with van der Waals surface area (Å²) in [5.74, 6) is 0.857. The Morgan fingerprint density at radius 1 is 1.11 bits per heavy atom. The maximum absolute atomic E-state index is 11.9. The van der Waals surface area contributed by atoms with E-state index in [-0.39, 0.29) is 10.9 Å². The number of unbranched alkanes of at least 4 members (excludes halogenated alkanes) is 1. The van der Waals surface area contributed by atoms with Gasteiger partial charge in [-0.1, -0.05) is 19.1 Å². The molecule has 1 aromatic carbocycles. The predicted octanol–water partition coefficient (Wildman–Crippen LogP) is 1.91. The molecule has 2 amide bonds. The number of piperidine rings is 1. The highest BCUT2D eigenvalue weighted by Crippen LogP contribution is 2.16. The molecule has 1 aliphatic rings. The lowest BCUT2D eigenvalue weighted by molar-refractivity contribution is 0.189. The largest absolute Gasteiger partial charge is 0.338 e. The SMILES string of the molecule is CNS(=O)(=O)c1ccc(CNC(=O)NCCCCN2CCC(C)CC2)cc1. The van der Waals surface area contributed by atoms with E-state index in [0.717, 1.165) is 30.9 Å². The first kappa shape index (κ1) is 21.7. The zero-order valence-electron chi connectivity index (χ0n) is 16.3. The highest BCUT2D eigenvalue weighted by molar-refractivity contribution is 7.89. The third-order valence-corrected chi connectivity index (χ3v) is 6.45. The van der Waals surface area contributed by atoms with E-state index in [2.05, 4.69) is 27.2 Å². The minimum absolute atomic E-state index is 0.200. The quantitative estimate of drug-likeness (QED) is 0.556. The van der Waals surface area contributed by atoms with Crippen LogP contribution < -0.4 is 15.4 Å². The van der Waals surface area contributed by atoms with Gasteiger partial charge in [0, 0.05) is 13.1 Å². The summed E-state index contributed by atoms with van der Waals surface area (Å²) in [6.45, 7) is 6.84. The van der Waals surface area contributed by atoms with Gasteiger partial charge >= 0.3 is 6.03 Å². The molecule has 1 aromatic rings. The number of hydrogen-bond donors (Lipinski definition) is 3. The van der Waals surface area contributed by atoms with Gasteiger partial charge in [-0.15, -0.1) is 0 Å². The van der Waals surface area contributed by atoms with Gasteiger partial charge in [-0.25, -0.2) is 17.9 Å². The summed E-state index contributed by atoms with van der Waals surface area (Å²) in [7, 11) is -2.05. The van der Waals surface area contributed by atoms with Gasteiger partial charge in [0.05, 0.1) is 4.90 Å². The molecule has 27 heavy (non-hydrogen) atoms. The van der Waals surface area contributed by atoms with Crippen LogP contribution in [0.5, 0.6) is 0 Å². The summed E-state index contributed by atoms with van der Waals surface area (Å²) < 4.78 is 25.6. The molecular weight excluding hydrogens is 364 g/mol. The summed E-state index contributed by atoms with van der Waals surface area (Å²) in [6.07, 6.45) is 4.65. The van der Waals surface area contributed by atoms with E-state index in [1.165, 1.54) is 45.1 Å². The van der Waals surface area contributed by atoms with Crippen LogP contribution in [0.1, 0.15) is 38.2 Å². The van der Waals surface area contributed by atoms with Gasteiger partial charge in [-0.05, 0) is 76.0 Å². The Kier molecular flexibility index (Phi) is 8.53. The molecule has 3 N–H and O–H groups in total. The molecule has 152 valence electrons. The van der Waals surface area contributed by atoms with Crippen LogP contribution in [0.15, 0.2) is 29.2 Å². The molecule has 2 rings (SSSR count). The Balaban J connectivity index is 1.58. The van der Waals surface area contributed by atoms with Crippen LogP contribution in [0.4, 0.5) is 4.79 Å². The second kappa shape index (κ2) is 10.6. The zero-order valence-corrected chi connectivity index (χ0v) is 17.1. The van der Waals surface area contributed by atoms with Crippen molar-refractivity contribution >= 4 is 16.1 Å². The van der Waals surface area contributed by atoms with Crippen molar-refractivity contribution < 1.29 is 13.2 Å². The molecule has 0 aromatic heterocycles. The number of amides is 2. The van der Waals surface area contributed by atoms with Crippen molar-refractivity contribution in [2.75, 3.05) is 33.2 Å². The molecule has 0 radical (unpaired) electrons. The molecule has 0 atom stereocenters. The average Bonchev–Trinajstić information content (AvgIpc) is 2.68. The molecule has 0 spiro atoms. The van der Waals surface area contributed by atoms with Crippen LogP contribution in [0.3, 0.4) is 0 Å². The number of benzene rings is 1. The fourth-order valence-electron chi connectivity index (χ4n) is 3.10. The third kappa shape index (κ3) is 7.48. The van der Waals surface area contributed by atoms with Gasteiger partial charge in [0.1, 0.15) is 0 Å². The van der Waals surface area contributed by atoms with E-state index in [1.807, 2.05) is 0 Å². The normalized spacial score (nSPS) is 16.2. The maximum atomic E-state index is 11.9. The maximum Gasteiger partial charge on any atom is 0.315 e. The molecule has 1 heterocycles. The van der Waals surface area contributed by atoms with E-state index in [0.29, 0.717) is 13.1 Å². The zero-order chi connectivity index (χ0) is 19.7. The van der Waals surface area contributed by atoms with Gasteiger partial charge in [0.2, 0.25) is 10.0 Å². The monoisotopic (exact) mass is 396 g/mol. The number of hydrogen-bond acceptors (Lipinski definition) is 4. The minimum Gasteiger partial charge on any atom is -0.338 e. The van der Waals surface area contributed by atoms with Crippen molar-refractivity contribution in [3.63, 3.8) is 0 Å². The van der Waals surface area contributed by atoms with E-state index in [4.69, 9.17) is 0 Å². The first-order chi connectivity index (χ1) is 12.9. The van der Waals surface area contributed by atoms with Crippen molar-refractivity contribution in [2.45, 2.75) is 44.0 Å². The van der Waals surface area contributed by atoms with E-state index in [9.17, 15) is 13.2 Å². The van der Waals surface area contributed by atoms with Gasteiger partial charge in [0.25, 0.3) is 0 Å². The summed E-state index contributed by atoms with van der Waals surface area (Å²) in [5.41, 5.74) is 0.847. The van der Waals surface area contributed by atoms with E-state index in [1.54, 1.807) is 12.1 Å². The molecule has 1 saturated heterocycles. The third-order valence-electron chi connectivity index (χ3n) is 5.02. The Morgan fingerprint density at radius 2 is 1.78 bits per heavy atom. The Morgan fingerprint density at radius 3 is 2.41 bits per heavy atom. The summed E-state index contributed by atoms with van der Waals surface area (Å²) in [5, 5.41) is 5.66. The molecule has 0 bridgehead atoms. The van der Waals surface area contributed by atoms with Crippen molar-refractivity contribution in [3.05, 3.63) is 29.8 Å². The molecule has 7 nitrogen and oxygen atoms in total. The van der Waals surface area contributed by atoms with Crippen molar-refractivity contribution in [2.24, 2.45) is 5.92 Å². The van der Waals surface area contributed by atoms with Crippen LogP contribution in [0.2, 0.25) is 0 Å². The lowest BCUT2D eigenvalue weighted by Crippen LogP contribution is -2.36. The van der Waals surface area contributed by atoms with Crippen molar-refractivity contribution in [1.82, 2.24) is 20.3 Å². The van der Waals surface area contributed by atoms with Crippen LogP contribution in [0.25, 0.3) is 0 Å². The molecule has 1 fully saturated rings. The molecule has 0 aliphatic carbocycles. The van der Waals surface area contributed by atoms with Crippen LogP contribution in [-0.2, 0) is 16.6 Å². The minimum atomic E-state index is -3.43. The Bertz CT molecular complexity index is 683. The number of carbonyl (C=O) groups is 1. The number of likely N-dealkylation sites (tertiary alicyclic amines) is 1. The van der Waals surface area contributed by atoms with E-state index < -0.39 is 10.0 Å². The van der Waals surface area contributed by atoms with Crippen LogP contribution >= 0.6 is 0 Å². The summed E-state index contributed by atoms with van der Waals surface area (Å²) in [4.78, 5) is 14.6.